The molecule has 0 aliphatic carbocycles. The van der Waals surface area contributed by atoms with Crippen molar-refractivity contribution in [3.8, 4) is 11.5 Å². The molecule has 5 heteroatoms. The van der Waals surface area contributed by atoms with Gasteiger partial charge in [-0.05, 0) is 48.5 Å². The summed E-state index contributed by atoms with van der Waals surface area (Å²) in [5.74, 6) is 0.854. The zero-order valence-corrected chi connectivity index (χ0v) is 25.1. The second kappa shape index (κ2) is 9.05. The average Bonchev–Trinajstić information content (AvgIpc) is 3.80. The van der Waals surface area contributed by atoms with Crippen molar-refractivity contribution in [3.05, 3.63) is 146 Å². The van der Waals surface area contributed by atoms with Crippen molar-refractivity contribution >= 4 is 87.4 Å². The maximum atomic E-state index is 6.88. The Morgan fingerprint density at radius 3 is 1.96 bits per heavy atom. The number of rotatable bonds is 2. The van der Waals surface area contributed by atoms with Crippen LogP contribution in [0.3, 0.4) is 0 Å². The molecule has 0 saturated heterocycles. The molecule has 218 valence electrons. The van der Waals surface area contributed by atoms with Gasteiger partial charge in [0.1, 0.15) is 11.4 Å². The first kappa shape index (κ1) is 24.8. The molecule has 0 atom stereocenters. The van der Waals surface area contributed by atoms with E-state index in [9.17, 15) is 0 Å². The number of fused-ring (bicyclic) bond motifs is 15. The van der Waals surface area contributed by atoms with Crippen LogP contribution in [0, 0.1) is 0 Å². The summed E-state index contributed by atoms with van der Waals surface area (Å²) in [4.78, 5) is 10.2. The summed E-state index contributed by atoms with van der Waals surface area (Å²) in [7, 11) is 0. The first-order valence-corrected chi connectivity index (χ1v) is 15.8. The van der Waals surface area contributed by atoms with Gasteiger partial charge in [-0.1, -0.05) is 91.0 Å². The standard InChI is InChI=1S/C42H24N4O/c1-2-12-27(13-3-1)45-31-17-7-5-15-29(31)37-40-35(36-30-16-6-9-19-33(30)47-42(36)41(37)45)28-14-4-8-18-32(28)46(40)34-23-22-26-21-20-25-11-10-24-43-38(25)39(26)44-34/h1-24H. The van der Waals surface area contributed by atoms with Crippen LogP contribution in [0.2, 0.25) is 0 Å². The number of hydrogen-bond acceptors (Lipinski definition) is 3. The molecule has 5 aromatic heterocycles. The van der Waals surface area contributed by atoms with Crippen LogP contribution in [0.5, 0.6) is 0 Å². The highest BCUT2D eigenvalue weighted by Gasteiger charge is 2.27. The van der Waals surface area contributed by atoms with Crippen molar-refractivity contribution in [1.82, 2.24) is 19.1 Å². The number of pyridine rings is 2. The van der Waals surface area contributed by atoms with E-state index >= 15 is 0 Å². The Morgan fingerprint density at radius 2 is 1.13 bits per heavy atom. The Bertz CT molecular complexity index is 3070. The molecule has 11 aromatic rings. The van der Waals surface area contributed by atoms with E-state index < -0.39 is 0 Å². The SMILES string of the molecule is c1ccc(-n2c3ccccc3c3c2c2oc4ccccc4c2c2c4ccccc4n(-c4ccc5ccc6cccnc6c5n4)c23)cc1. The largest absolute Gasteiger partial charge is 0.454 e. The van der Waals surface area contributed by atoms with Gasteiger partial charge in [-0.15, -0.1) is 0 Å². The van der Waals surface area contributed by atoms with E-state index in [2.05, 4.69) is 137 Å². The molecule has 0 aliphatic rings. The molecule has 0 unspecified atom stereocenters. The fourth-order valence-electron chi connectivity index (χ4n) is 7.81. The molecule has 0 bridgehead atoms. The molecule has 0 N–H and O–H groups in total. The minimum atomic E-state index is 0.854. The summed E-state index contributed by atoms with van der Waals surface area (Å²) in [6, 6.07) is 49.0. The monoisotopic (exact) mass is 600 g/mol. The lowest BCUT2D eigenvalue weighted by atomic mass is 10.0. The van der Waals surface area contributed by atoms with Crippen LogP contribution in [0.1, 0.15) is 0 Å². The Morgan fingerprint density at radius 1 is 0.468 bits per heavy atom. The van der Waals surface area contributed by atoms with Gasteiger partial charge in [0, 0.05) is 55.0 Å². The van der Waals surface area contributed by atoms with Gasteiger partial charge in [-0.3, -0.25) is 9.55 Å². The van der Waals surface area contributed by atoms with Crippen molar-refractivity contribution in [2.45, 2.75) is 0 Å². The average molecular weight is 601 g/mol. The van der Waals surface area contributed by atoms with Gasteiger partial charge in [0.05, 0.1) is 33.1 Å². The van der Waals surface area contributed by atoms with E-state index in [1.165, 1.54) is 5.39 Å². The summed E-state index contributed by atoms with van der Waals surface area (Å²) in [5.41, 5.74) is 9.03. The van der Waals surface area contributed by atoms with Crippen LogP contribution in [-0.2, 0) is 0 Å². The van der Waals surface area contributed by atoms with E-state index in [0.717, 1.165) is 93.5 Å². The van der Waals surface area contributed by atoms with E-state index in [1.54, 1.807) is 0 Å². The van der Waals surface area contributed by atoms with Gasteiger partial charge >= 0.3 is 0 Å². The lowest BCUT2D eigenvalue weighted by molar-refractivity contribution is 0.671. The van der Waals surface area contributed by atoms with Crippen molar-refractivity contribution in [1.29, 1.82) is 0 Å². The van der Waals surface area contributed by atoms with Crippen molar-refractivity contribution in [2.24, 2.45) is 0 Å². The van der Waals surface area contributed by atoms with E-state index in [-0.39, 0.29) is 0 Å². The van der Waals surface area contributed by atoms with Gasteiger partial charge in [-0.2, -0.15) is 0 Å². The molecule has 0 amide bonds. The van der Waals surface area contributed by atoms with E-state index in [1.807, 2.05) is 18.3 Å². The van der Waals surface area contributed by atoms with Crippen LogP contribution >= 0.6 is 0 Å². The number of para-hydroxylation sites is 4. The van der Waals surface area contributed by atoms with Crippen LogP contribution in [0.25, 0.3) is 98.9 Å². The second-order valence-electron chi connectivity index (χ2n) is 12.2. The Kier molecular flexibility index (Phi) is 4.78. The highest BCUT2D eigenvalue weighted by molar-refractivity contribution is 6.39. The van der Waals surface area contributed by atoms with Gasteiger partial charge in [-0.25, -0.2) is 4.98 Å². The van der Waals surface area contributed by atoms with E-state index in [4.69, 9.17) is 14.4 Å². The normalized spacial score (nSPS) is 12.3. The van der Waals surface area contributed by atoms with Gasteiger partial charge in [0.15, 0.2) is 5.58 Å². The molecule has 5 heterocycles. The molecule has 0 fully saturated rings. The number of hydrogen-bond donors (Lipinski definition) is 0. The van der Waals surface area contributed by atoms with Crippen molar-refractivity contribution < 1.29 is 4.42 Å². The molecular formula is C42H24N4O. The highest BCUT2D eigenvalue weighted by Crippen LogP contribution is 2.49. The molecule has 5 nitrogen and oxygen atoms in total. The van der Waals surface area contributed by atoms with Crippen LogP contribution < -0.4 is 0 Å². The summed E-state index contributed by atoms with van der Waals surface area (Å²) < 4.78 is 11.6. The molecule has 47 heavy (non-hydrogen) atoms. The summed E-state index contributed by atoms with van der Waals surface area (Å²) in [6.45, 7) is 0. The number of furan rings is 1. The number of aromatic nitrogens is 4. The first-order valence-electron chi connectivity index (χ1n) is 15.8. The summed E-state index contributed by atoms with van der Waals surface area (Å²) >= 11 is 0. The molecule has 0 saturated carbocycles. The zero-order valence-electron chi connectivity index (χ0n) is 25.1. The maximum Gasteiger partial charge on any atom is 0.160 e. The molecular weight excluding hydrogens is 576 g/mol. The fourth-order valence-corrected chi connectivity index (χ4v) is 7.81. The lowest BCUT2D eigenvalue weighted by Crippen LogP contribution is -1.99. The molecule has 0 radical (unpaired) electrons. The van der Waals surface area contributed by atoms with Gasteiger partial charge < -0.3 is 8.98 Å². The van der Waals surface area contributed by atoms with Gasteiger partial charge in [0.25, 0.3) is 0 Å². The third-order valence-electron chi connectivity index (χ3n) is 9.71. The van der Waals surface area contributed by atoms with Crippen LogP contribution in [0.4, 0.5) is 0 Å². The Labute approximate surface area is 267 Å². The number of nitrogens with zero attached hydrogens (tertiary/aromatic N) is 4. The van der Waals surface area contributed by atoms with Gasteiger partial charge in [0.2, 0.25) is 0 Å². The smallest absolute Gasteiger partial charge is 0.160 e. The van der Waals surface area contributed by atoms with Crippen LogP contribution in [-0.4, -0.2) is 19.1 Å². The predicted molar refractivity (Wildman–Crippen MR) is 193 cm³/mol. The third-order valence-corrected chi connectivity index (χ3v) is 9.71. The molecule has 11 rings (SSSR count). The predicted octanol–water partition coefficient (Wildman–Crippen LogP) is 10.9. The maximum absolute atomic E-state index is 6.88. The molecule has 0 aliphatic heterocycles. The molecule has 0 spiro atoms. The quantitative estimate of drug-likeness (QED) is 0.186. The second-order valence-corrected chi connectivity index (χ2v) is 12.2. The Hall–Kier alpha value is -6.46. The van der Waals surface area contributed by atoms with Crippen molar-refractivity contribution in [2.75, 3.05) is 0 Å². The minimum absolute atomic E-state index is 0.854. The van der Waals surface area contributed by atoms with Crippen molar-refractivity contribution in [3.63, 3.8) is 0 Å². The first-order chi connectivity index (χ1) is 23.3. The third kappa shape index (κ3) is 3.22. The summed E-state index contributed by atoms with van der Waals surface area (Å²) in [5, 5.41) is 8.99. The topological polar surface area (TPSA) is 48.8 Å². The van der Waals surface area contributed by atoms with E-state index in [0.29, 0.717) is 0 Å². The minimum Gasteiger partial charge on any atom is -0.454 e. The fraction of sp³-hybridized carbons (Fsp3) is 0. The van der Waals surface area contributed by atoms with Crippen LogP contribution in [0.15, 0.2) is 150 Å². The number of benzene rings is 6. The molecule has 6 aromatic carbocycles. The highest BCUT2D eigenvalue weighted by atomic mass is 16.3. The Balaban J connectivity index is 1.45. The lowest BCUT2D eigenvalue weighted by Gasteiger charge is -2.11. The zero-order chi connectivity index (χ0) is 30.6. The summed E-state index contributed by atoms with van der Waals surface area (Å²) in [6.07, 6.45) is 1.85.